The molecule has 0 bridgehead atoms. The highest BCUT2D eigenvalue weighted by Crippen LogP contribution is 2.51. The number of piperazine rings is 1. The first-order valence-electron chi connectivity index (χ1n) is 13.4. The smallest absolute Gasteiger partial charge is 0.225 e. The van der Waals surface area contributed by atoms with E-state index in [-0.39, 0.29) is 5.92 Å². The summed E-state index contributed by atoms with van der Waals surface area (Å²) >= 11 is 0. The number of hydrogen-bond donors (Lipinski definition) is 1. The van der Waals surface area contributed by atoms with Gasteiger partial charge in [0.25, 0.3) is 0 Å². The van der Waals surface area contributed by atoms with Crippen LogP contribution >= 0.6 is 0 Å². The van der Waals surface area contributed by atoms with E-state index in [1.165, 1.54) is 63.6 Å². The van der Waals surface area contributed by atoms with Gasteiger partial charge in [0, 0.05) is 49.3 Å². The van der Waals surface area contributed by atoms with Crippen LogP contribution in [-0.4, -0.2) is 54.5 Å². The fourth-order valence-corrected chi connectivity index (χ4v) is 7.54. The lowest BCUT2D eigenvalue weighted by molar-refractivity contribution is -0.138. The molecule has 174 valence electrons. The van der Waals surface area contributed by atoms with Gasteiger partial charge in [0.05, 0.1) is 0 Å². The van der Waals surface area contributed by atoms with Crippen molar-refractivity contribution in [1.82, 2.24) is 15.1 Å². The van der Waals surface area contributed by atoms with E-state index >= 15 is 0 Å². The molecule has 0 aromatic rings. The summed E-state index contributed by atoms with van der Waals surface area (Å²) in [6, 6.07) is 0.787. The topological polar surface area (TPSA) is 35.6 Å². The highest BCUT2D eigenvalue weighted by Gasteiger charge is 2.44. The zero-order valence-corrected chi connectivity index (χ0v) is 20.1. The van der Waals surface area contributed by atoms with Crippen LogP contribution in [0.15, 0.2) is 12.3 Å². The molecule has 5 fully saturated rings. The van der Waals surface area contributed by atoms with Crippen molar-refractivity contribution in [3.05, 3.63) is 12.3 Å². The maximum atomic E-state index is 13.2. The average Bonchev–Trinajstić information content (AvgIpc) is 3.57. The zero-order chi connectivity index (χ0) is 21.6. The number of hydrogen-bond acceptors (Lipinski definition) is 3. The van der Waals surface area contributed by atoms with Crippen molar-refractivity contribution in [2.45, 2.75) is 84.1 Å². The predicted molar refractivity (Wildman–Crippen MR) is 126 cm³/mol. The van der Waals surface area contributed by atoms with Crippen LogP contribution in [0.3, 0.4) is 0 Å². The number of rotatable bonds is 4. The summed E-state index contributed by atoms with van der Waals surface area (Å²) in [4.78, 5) is 17.9. The first kappa shape index (κ1) is 21.8. The van der Waals surface area contributed by atoms with Gasteiger partial charge in [0.2, 0.25) is 5.91 Å². The van der Waals surface area contributed by atoms with Gasteiger partial charge >= 0.3 is 0 Å². The number of nitrogens with zero attached hydrogens (tertiary/aromatic N) is 2. The van der Waals surface area contributed by atoms with Crippen LogP contribution in [0, 0.1) is 35.0 Å². The largest absolute Gasteiger partial charge is 0.371 e. The second kappa shape index (κ2) is 8.72. The Bertz CT molecular complexity index is 670. The van der Waals surface area contributed by atoms with Gasteiger partial charge in [-0.15, -0.1) is 0 Å². The van der Waals surface area contributed by atoms with Crippen LogP contribution in [0.4, 0.5) is 0 Å². The molecule has 1 N–H and O–H groups in total. The third-order valence-corrected chi connectivity index (χ3v) is 10.2. The molecule has 3 saturated carbocycles. The van der Waals surface area contributed by atoms with Gasteiger partial charge in [-0.1, -0.05) is 33.3 Å². The van der Waals surface area contributed by atoms with Crippen molar-refractivity contribution in [2.75, 3.05) is 32.7 Å². The molecule has 0 radical (unpaired) electrons. The predicted octanol–water partition coefficient (Wildman–Crippen LogP) is 4.67. The lowest BCUT2D eigenvalue weighted by atomic mass is 9.63. The highest BCUT2D eigenvalue weighted by molar-refractivity contribution is 5.79. The molecule has 4 atom stereocenters. The molecule has 3 aliphatic carbocycles. The highest BCUT2D eigenvalue weighted by atomic mass is 16.2. The first-order valence-corrected chi connectivity index (χ1v) is 13.4. The molecule has 5 aliphatic rings. The van der Waals surface area contributed by atoms with E-state index in [0.717, 1.165) is 68.7 Å². The maximum Gasteiger partial charge on any atom is 0.225 e. The molecule has 2 saturated heterocycles. The number of carbonyl (C=O) groups excluding carboxylic acids is 1. The molecule has 2 aliphatic heterocycles. The molecule has 0 spiro atoms. The number of piperidine rings is 1. The molecular weight excluding hydrogens is 382 g/mol. The second-order valence-corrected chi connectivity index (χ2v) is 11.9. The Morgan fingerprint density at radius 1 is 0.903 bits per heavy atom. The van der Waals surface area contributed by atoms with Gasteiger partial charge in [-0.3, -0.25) is 4.79 Å². The minimum absolute atomic E-state index is 0.279. The van der Waals surface area contributed by atoms with E-state index in [4.69, 9.17) is 0 Å². The van der Waals surface area contributed by atoms with Crippen LogP contribution < -0.4 is 5.32 Å². The van der Waals surface area contributed by atoms with E-state index in [0.29, 0.717) is 11.3 Å². The molecule has 2 heterocycles. The molecular formula is C27H45N3O. The number of nitrogens with one attached hydrogen (secondary N) is 1. The lowest BCUT2D eigenvalue weighted by Gasteiger charge is -2.48. The summed E-state index contributed by atoms with van der Waals surface area (Å²) in [5.41, 5.74) is 1.67. The minimum Gasteiger partial charge on any atom is -0.371 e. The molecule has 4 unspecified atom stereocenters. The molecule has 5 rings (SSSR count). The Kier molecular flexibility index (Phi) is 6.13. The van der Waals surface area contributed by atoms with Gasteiger partial charge in [-0.25, -0.2) is 0 Å². The van der Waals surface area contributed by atoms with Crippen molar-refractivity contribution in [3.63, 3.8) is 0 Å². The Morgan fingerprint density at radius 3 is 2.23 bits per heavy atom. The fourth-order valence-electron chi connectivity index (χ4n) is 7.54. The molecule has 4 heteroatoms. The summed E-state index contributed by atoms with van der Waals surface area (Å²) in [7, 11) is 0. The van der Waals surface area contributed by atoms with Crippen LogP contribution in [0.1, 0.15) is 78.1 Å². The Hall–Kier alpha value is -1.03. The number of allylic oxidation sites excluding steroid dienone is 1. The monoisotopic (exact) mass is 427 g/mol. The summed E-state index contributed by atoms with van der Waals surface area (Å²) in [6.45, 7) is 14.2. The average molecular weight is 428 g/mol. The molecule has 31 heavy (non-hydrogen) atoms. The van der Waals surface area contributed by atoms with E-state index in [1.54, 1.807) is 0 Å². The van der Waals surface area contributed by atoms with E-state index in [9.17, 15) is 4.79 Å². The number of fused-ring (bicyclic) bond motifs is 1. The van der Waals surface area contributed by atoms with E-state index in [1.807, 2.05) is 0 Å². The standard InChI is InChI=1S/C27H45N3O/c1-19-23-6-4-5-7-25(23)28-18-24(19)21-8-10-22(11-9-21)26(31)30-16-14-29(15-17-30)20(2)27(3)12-13-27/h19,21-25,28H,2,4-18H2,1,3H3. The van der Waals surface area contributed by atoms with Crippen molar-refractivity contribution < 1.29 is 4.79 Å². The molecule has 0 aromatic heterocycles. The number of carbonyl (C=O) groups is 1. The van der Waals surface area contributed by atoms with Crippen molar-refractivity contribution in [1.29, 1.82) is 0 Å². The van der Waals surface area contributed by atoms with Gasteiger partial charge in [-0.2, -0.15) is 0 Å². The normalized spacial score (nSPS) is 40.2. The molecule has 1 amide bonds. The van der Waals surface area contributed by atoms with Crippen LogP contribution in [0.2, 0.25) is 0 Å². The van der Waals surface area contributed by atoms with Crippen molar-refractivity contribution >= 4 is 5.91 Å². The summed E-state index contributed by atoms with van der Waals surface area (Å²) < 4.78 is 0. The molecule has 0 aromatic carbocycles. The van der Waals surface area contributed by atoms with Crippen molar-refractivity contribution in [2.24, 2.45) is 35.0 Å². The quantitative estimate of drug-likeness (QED) is 0.708. The van der Waals surface area contributed by atoms with Crippen LogP contribution in [0.25, 0.3) is 0 Å². The SMILES string of the molecule is C=C(N1CCN(C(=O)C2CCC(C3CNC4CCCCC4C3C)CC2)CC1)C1(C)CC1. The summed E-state index contributed by atoms with van der Waals surface area (Å²) in [5.74, 6) is 4.14. The lowest BCUT2D eigenvalue weighted by Crippen LogP contribution is -2.53. The minimum atomic E-state index is 0.279. The number of amides is 1. The maximum absolute atomic E-state index is 13.2. The van der Waals surface area contributed by atoms with E-state index < -0.39 is 0 Å². The molecule has 4 nitrogen and oxygen atoms in total. The van der Waals surface area contributed by atoms with Gasteiger partial charge in [0.15, 0.2) is 0 Å². The van der Waals surface area contributed by atoms with Gasteiger partial charge in [0.1, 0.15) is 0 Å². The van der Waals surface area contributed by atoms with Gasteiger partial charge < -0.3 is 15.1 Å². The summed E-state index contributed by atoms with van der Waals surface area (Å²) in [6.07, 6.45) is 13.0. The first-order chi connectivity index (χ1) is 15.0. The van der Waals surface area contributed by atoms with E-state index in [2.05, 4.69) is 35.5 Å². The summed E-state index contributed by atoms with van der Waals surface area (Å²) in [5, 5.41) is 3.93. The Morgan fingerprint density at radius 2 is 1.55 bits per heavy atom. The zero-order valence-electron chi connectivity index (χ0n) is 20.1. The second-order valence-electron chi connectivity index (χ2n) is 11.9. The Labute approximate surface area is 190 Å². The van der Waals surface area contributed by atoms with Gasteiger partial charge in [-0.05, 0) is 81.6 Å². The third-order valence-electron chi connectivity index (χ3n) is 10.2. The third kappa shape index (κ3) is 4.30. The van der Waals surface area contributed by atoms with Crippen molar-refractivity contribution in [3.8, 4) is 0 Å². The fraction of sp³-hybridized carbons (Fsp3) is 0.889. The Balaban J connectivity index is 1.09. The van der Waals surface area contributed by atoms with Crippen LogP contribution in [0.5, 0.6) is 0 Å². The van der Waals surface area contributed by atoms with Crippen LogP contribution in [-0.2, 0) is 4.79 Å².